The average molecular weight is 715 g/mol. The molecule has 1 unspecified atom stereocenters. The molecule has 1 amide bonds. The molecule has 250 valence electrons. The third-order valence-corrected chi connectivity index (χ3v) is 9.92. The highest BCUT2D eigenvalue weighted by molar-refractivity contribution is 7.89. The fraction of sp³-hybridized carbons (Fsp3) is 0.333. The number of carbonyl (C=O) groups is 3. The molecule has 1 aliphatic carbocycles. The maximum atomic E-state index is 13.4. The van der Waals surface area contributed by atoms with Gasteiger partial charge >= 0.3 is 12.6 Å². The number of aromatic nitrogens is 1. The number of sulfonamides is 1. The number of ether oxygens (including phenoxy) is 3. The summed E-state index contributed by atoms with van der Waals surface area (Å²) in [5, 5.41) is 11.7. The van der Waals surface area contributed by atoms with Crippen LogP contribution in [-0.2, 0) is 30.8 Å². The Bertz CT molecular complexity index is 1830. The molecular formula is C30H27Cl2F2N3O9S. The number of rotatable bonds is 13. The highest BCUT2D eigenvalue weighted by Crippen LogP contribution is 2.38. The van der Waals surface area contributed by atoms with E-state index in [0.29, 0.717) is 4.73 Å². The number of esters is 1. The molecule has 0 N–H and O–H groups in total. The van der Waals surface area contributed by atoms with Gasteiger partial charge in [0.2, 0.25) is 10.0 Å². The van der Waals surface area contributed by atoms with Crippen molar-refractivity contribution >= 4 is 56.6 Å². The first-order chi connectivity index (χ1) is 22.1. The predicted molar refractivity (Wildman–Crippen MR) is 163 cm³/mol. The van der Waals surface area contributed by atoms with Crippen LogP contribution < -0.4 is 19.1 Å². The van der Waals surface area contributed by atoms with Gasteiger partial charge in [-0.2, -0.15) is 13.5 Å². The fourth-order valence-electron chi connectivity index (χ4n) is 4.79. The lowest BCUT2D eigenvalue weighted by Gasteiger charge is -2.23. The van der Waals surface area contributed by atoms with E-state index in [1.807, 2.05) is 0 Å². The summed E-state index contributed by atoms with van der Waals surface area (Å²) in [5.41, 5.74) is 0.270. The molecule has 5 rings (SSSR count). The summed E-state index contributed by atoms with van der Waals surface area (Å²) in [6.07, 6.45) is 2.51. The molecule has 47 heavy (non-hydrogen) atoms. The largest absolute Gasteiger partial charge is 0.619 e. The van der Waals surface area contributed by atoms with Crippen LogP contribution in [0.25, 0.3) is 0 Å². The van der Waals surface area contributed by atoms with Crippen LogP contribution >= 0.6 is 23.2 Å². The Labute approximate surface area is 277 Å². The molecule has 0 saturated heterocycles. The Kier molecular flexibility index (Phi) is 9.91. The first kappa shape index (κ1) is 34.3. The molecule has 2 heterocycles. The minimum atomic E-state index is -3.93. The highest BCUT2D eigenvalue weighted by Gasteiger charge is 2.39. The van der Waals surface area contributed by atoms with Crippen molar-refractivity contribution in [3.05, 3.63) is 80.7 Å². The maximum absolute atomic E-state index is 13.4. The lowest BCUT2D eigenvalue weighted by Crippen LogP contribution is -2.36. The quantitative estimate of drug-likeness (QED) is 0.109. The van der Waals surface area contributed by atoms with Gasteiger partial charge in [-0.1, -0.05) is 29.3 Å². The van der Waals surface area contributed by atoms with Crippen LogP contribution in [0, 0.1) is 11.1 Å². The van der Waals surface area contributed by atoms with Crippen molar-refractivity contribution in [1.29, 1.82) is 0 Å². The molecule has 0 radical (unpaired) electrons. The van der Waals surface area contributed by atoms with Gasteiger partial charge < -0.3 is 19.4 Å². The van der Waals surface area contributed by atoms with E-state index in [1.54, 1.807) is 0 Å². The molecule has 2 aliphatic rings. The number of fused-ring (bicyclic) bond motifs is 1. The van der Waals surface area contributed by atoms with Gasteiger partial charge in [0.25, 0.3) is 11.7 Å². The van der Waals surface area contributed by atoms with Crippen LogP contribution in [0.2, 0.25) is 10.0 Å². The predicted octanol–water partition coefficient (Wildman–Crippen LogP) is 4.32. The van der Waals surface area contributed by atoms with E-state index < -0.39 is 46.9 Å². The van der Waals surface area contributed by atoms with Crippen LogP contribution in [0.5, 0.6) is 11.5 Å². The molecule has 3 aromatic rings. The van der Waals surface area contributed by atoms with Gasteiger partial charge in [-0.3, -0.25) is 19.3 Å². The summed E-state index contributed by atoms with van der Waals surface area (Å²) >= 11 is 12.6. The molecule has 12 nitrogen and oxygen atoms in total. The maximum Gasteiger partial charge on any atom is 0.387 e. The SMILES string of the molecule is CN(C)S(=O)(=O)c1ccc2c(c1)C(=O)C(=O)N2CC(=O)OC(Cc1c(Cl)c[n+]([O-])cc1Cl)c1ccc(OC(F)F)c(OCC2CC2)c1. The van der Waals surface area contributed by atoms with E-state index in [2.05, 4.69) is 4.74 Å². The number of Topliss-reactive ketones (excluding diaryl/α,β-unsaturated/α-hetero) is 1. The van der Waals surface area contributed by atoms with Crippen molar-refractivity contribution in [3.8, 4) is 11.5 Å². The number of alkyl halides is 2. The number of amides is 1. The van der Waals surface area contributed by atoms with Crippen molar-refractivity contribution in [3.63, 3.8) is 0 Å². The number of nitrogens with zero attached hydrogens (tertiary/aromatic N) is 3. The zero-order valence-electron chi connectivity index (χ0n) is 24.8. The average Bonchev–Trinajstić information content (AvgIpc) is 3.80. The van der Waals surface area contributed by atoms with E-state index in [1.165, 1.54) is 44.4 Å². The zero-order chi connectivity index (χ0) is 34.2. The van der Waals surface area contributed by atoms with Crippen LogP contribution in [-0.4, -0.2) is 64.2 Å². The van der Waals surface area contributed by atoms with Gasteiger partial charge in [0.15, 0.2) is 23.9 Å². The molecule has 2 aromatic carbocycles. The molecule has 1 atom stereocenters. The number of pyridine rings is 1. The van der Waals surface area contributed by atoms with Gasteiger partial charge in [-0.15, -0.1) is 0 Å². The Balaban J connectivity index is 1.45. The summed E-state index contributed by atoms with van der Waals surface area (Å²) in [6, 6.07) is 7.46. The molecule has 1 aromatic heterocycles. The summed E-state index contributed by atoms with van der Waals surface area (Å²) < 4.78 is 68.9. The van der Waals surface area contributed by atoms with Gasteiger partial charge in [-0.25, -0.2) is 12.7 Å². The third kappa shape index (κ3) is 7.59. The van der Waals surface area contributed by atoms with Crippen molar-refractivity contribution in [2.75, 3.05) is 32.1 Å². The number of halogens is 4. The zero-order valence-corrected chi connectivity index (χ0v) is 27.2. The molecule has 1 saturated carbocycles. The number of benzene rings is 2. The molecule has 17 heteroatoms. The second-order valence-corrected chi connectivity index (χ2v) is 14.0. The van der Waals surface area contributed by atoms with Crippen LogP contribution in [0.1, 0.15) is 40.4 Å². The summed E-state index contributed by atoms with van der Waals surface area (Å²) in [5.74, 6) is -3.10. The number of hydrogen-bond acceptors (Lipinski definition) is 9. The Morgan fingerprint density at radius 2 is 1.77 bits per heavy atom. The minimum Gasteiger partial charge on any atom is -0.619 e. The molecule has 0 spiro atoms. The van der Waals surface area contributed by atoms with E-state index >= 15 is 0 Å². The Morgan fingerprint density at radius 1 is 1.09 bits per heavy atom. The van der Waals surface area contributed by atoms with Gasteiger partial charge in [0.1, 0.15) is 22.7 Å². The number of hydrogen-bond donors (Lipinski definition) is 0. The monoisotopic (exact) mass is 713 g/mol. The van der Waals surface area contributed by atoms with Crippen LogP contribution in [0.15, 0.2) is 53.7 Å². The number of anilines is 1. The standard InChI is InChI=1S/C30H27Cl2F2N3O9S/c1-35(2)47(42,43)18-6-7-23-20(10-18)28(39)29(40)37(23)14-27(38)45-25(11-19-21(31)12-36(41)13-22(19)32)17-5-8-24(46-30(33)34)26(9-17)44-15-16-3-4-16/h5-10,12-13,16,25,30H,3-4,11,14-15H2,1-2H3. The molecule has 0 bridgehead atoms. The highest BCUT2D eigenvalue weighted by atomic mass is 35.5. The summed E-state index contributed by atoms with van der Waals surface area (Å²) in [7, 11) is -1.31. The fourth-order valence-corrected chi connectivity index (χ4v) is 6.32. The molecule has 1 fully saturated rings. The van der Waals surface area contributed by atoms with Gasteiger partial charge in [0.05, 0.1) is 22.8 Å². The van der Waals surface area contributed by atoms with E-state index in [9.17, 15) is 36.8 Å². The summed E-state index contributed by atoms with van der Waals surface area (Å²) in [6.45, 7) is -3.64. The van der Waals surface area contributed by atoms with E-state index in [4.69, 9.17) is 32.7 Å². The number of ketones is 1. The van der Waals surface area contributed by atoms with Gasteiger partial charge in [-0.05, 0) is 54.7 Å². The van der Waals surface area contributed by atoms with Crippen molar-refractivity contribution in [2.24, 2.45) is 5.92 Å². The van der Waals surface area contributed by atoms with E-state index in [0.717, 1.165) is 40.5 Å². The lowest BCUT2D eigenvalue weighted by atomic mass is 10.0. The molecule has 1 aliphatic heterocycles. The van der Waals surface area contributed by atoms with Crippen molar-refractivity contribution in [1.82, 2.24) is 4.31 Å². The second kappa shape index (κ2) is 13.6. The smallest absolute Gasteiger partial charge is 0.387 e. The number of carbonyl (C=O) groups excluding carboxylic acids is 3. The first-order valence-corrected chi connectivity index (χ1v) is 16.3. The topological polar surface area (TPSA) is 146 Å². The van der Waals surface area contributed by atoms with Crippen LogP contribution in [0.3, 0.4) is 0 Å². The normalized spacial score (nSPS) is 15.3. The minimum absolute atomic E-state index is 0.00428. The second-order valence-electron chi connectivity index (χ2n) is 11.0. The lowest BCUT2D eigenvalue weighted by molar-refractivity contribution is -0.605. The first-order valence-electron chi connectivity index (χ1n) is 14.1. The Hall–Kier alpha value is -4.05. The summed E-state index contributed by atoms with van der Waals surface area (Å²) in [4.78, 5) is 39.7. The third-order valence-electron chi connectivity index (χ3n) is 7.46. The van der Waals surface area contributed by atoms with Crippen molar-refractivity contribution < 1.29 is 50.5 Å². The van der Waals surface area contributed by atoms with Crippen LogP contribution in [0.4, 0.5) is 14.5 Å². The van der Waals surface area contributed by atoms with E-state index in [-0.39, 0.29) is 67.8 Å². The molecular weight excluding hydrogens is 687 g/mol. The van der Waals surface area contributed by atoms with Crippen molar-refractivity contribution in [2.45, 2.75) is 36.9 Å². The van der Waals surface area contributed by atoms with Gasteiger partial charge in [0, 0.05) is 26.1 Å². The Morgan fingerprint density at radius 3 is 2.38 bits per heavy atom.